The Hall–Kier alpha value is -2.39. The highest BCUT2D eigenvalue weighted by Crippen LogP contribution is 2.30. The third-order valence-electron chi connectivity index (χ3n) is 6.73. The van der Waals surface area contributed by atoms with E-state index in [2.05, 4.69) is 41.5 Å². The van der Waals surface area contributed by atoms with E-state index in [1.807, 2.05) is 18.2 Å². The van der Waals surface area contributed by atoms with Crippen molar-refractivity contribution in [2.45, 2.75) is 76.3 Å². The molecule has 1 heterocycles. The molecule has 0 atom stereocenters. The SMILES string of the molecule is CC(C)N1CCC(c2ccc(C(=O)NC3(C(=O)NCC#N)CCCCC3)cc2)CC1. The molecule has 0 aromatic heterocycles. The van der Waals surface area contributed by atoms with Crippen LogP contribution in [0.3, 0.4) is 0 Å². The summed E-state index contributed by atoms with van der Waals surface area (Å²) in [4.78, 5) is 28.2. The molecule has 1 aliphatic carbocycles. The lowest BCUT2D eigenvalue weighted by Crippen LogP contribution is -2.59. The van der Waals surface area contributed by atoms with Crippen LogP contribution in [0.4, 0.5) is 0 Å². The Kier molecular flexibility index (Phi) is 7.49. The molecule has 2 N–H and O–H groups in total. The Balaban J connectivity index is 1.64. The average molecular weight is 411 g/mol. The summed E-state index contributed by atoms with van der Waals surface area (Å²) in [5.74, 6) is 0.0781. The van der Waals surface area contributed by atoms with Gasteiger partial charge in [0.15, 0.2) is 0 Å². The zero-order valence-electron chi connectivity index (χ0n) is 18.2. The Bertz CT molecular complexity index is 767. The number of carbonyl (C=O) groups excluding carboxylic acids is 2. The van der Waals surface area contributed by atoms with Crippen LogP contribution in [0, 0.1) is 11.3 Å². The summed E-state index contributed by atoms with van der Waals surface area (Å²) < 4.78 is 0. The number of hydrogen-bond acceptors (Lipinski definition) is 4. The molecule has 1 aromatic rings. The van der Waals surface area contributed by atoms with Crippen LogP contribution in [-0.2, 0) is 4.79 Å². The van der Waals surface area contributed by atoms with E-state index in [0.717, 1.165) is 45.2 Å². The van der Waals surface area contributed by atoms with Crippen molar-refractivity contribution in [2.24, 2.45) is 0 Å². The van der Waals surface area contributed by atoms with E-state index in [4.69, 9.17) is 5.26 Å². The van der Waals surface area contributed by atoms with Gasteiger partial charge in [-0.05, 0) is 76.2 Å². The Morgan fingerprint density at radius 3 is 2.33 bits per heavy atom. The van der Waals surface area contributed by atoms with E-state index >= 15 is 0 Å². The van der Waals surface area contributed by atoms with Gasteiger partial charge in [-0.2, -0.15) is 5.26 Å². The summed E-state index contributed by atoms with van der Waals surface area (Å²) in [6, 6.07) is 10.4. The first-order valence-corrected chi connectivity index (χ1v) is 11.3. The van der Waals surface area contributed by atoms with Crippen molar-refractivity contribution in [2.75, 3.05) is 19.6 Å². The number of benzene rings is 1. The summed E-state index contributed by atoms with van der Waals surface area (Å²) in [5, 5.41) is 14.4. The fourth-order valence-corrected chi connectivity index (χ4v) is 4.80. The van der Waals surface area contributed by atoms with Gasteiger partial charge in [0.1, 0.15) is 12.1 Å². The molecule has 162 valence electrons. The van der Waals surface area contributed by atoms with Crippen LogP contribution >= 0.6 is 0 Å². The van der Waals surface area contributed by atoms with Gasteiger partial charge in [0, 0.05) is 11.6 Å². The maximum Gasteiger partial charge on any atom is 0.252 e. The molecule has 3 rings (SSSR count). The lowest BCUT2D eigenvalue weighted by molar-refractivity contribution is -0.128. The topological polar surface area (TPSA) is 85.2 Å². The molecule has 2 aliphatic rings. The van der Waals surface area contributed by atoms with Gasteiger partial charge >= 0.3 is 0 Å². The fraction of sp³-hybridized carbons (Fsp3) is 0.625. The molecule has 30 heavy (non-hydrogen) atoms. The van der Waals surface area contributed by atoms with E-state index in [9.17, 15) is 9.59 Å². The molecule has 1 aromatic carbocycles. The van der Waals surface area contributed by atoms with Crippen LogP contribution in [0.1, 0.15) is 80.6 Å². The average Bonchev–Trinajstić information content (AvgIpc) is 2.78. The van der Waals surface area contributed by atoms with Gasteiger partial charge in [0.05, 0.1) is 6.07 Å². The smallest absolute Gasteiger partial charge is 0.252 e. The Morgan fingerprint density at radius 1 is 1.13 bits per heavy atom. The zero-order valence-corrected chi connectivity index (χ0v) is 18.2. The summed E-state index contributed by atoms with van der Waals surface area (Å²) in [7, 11) is 0. The number of hydrogen-bond donors (Lipinski definition) is 2. The molecule has 2 amide bonds. The summed E-state index contributed by atoms with van der Waals surface area (Å²) in [6.07, 6.45) is 6.37. The van der Waals surface area contributed by atoms with Gasteiger partial charge in [-0.3, -0.25) is 9.59 Å². The van der Waals surface area contributed by atoms with Crippen molar-refractivity contribution in [3.8, 4) is 6.07 Å². The predicted octanol–water partition coefficient (Wildman–Crippen LogP) is 3.35. The minimum atomic E-state index is -0.908. The van der Waals surface area contributed by atoms with Gasteiger partial charge in [-0.15, -0.1) is 0 Å². The second-order valence-corrected chi connectivity index (χ2v) is 8.96. The highest BCUT2D eigenvalue weighted by atomic mass is 16.2. The highest BCUT2D eigenvalue weighted by Gasteiger charge is 2.40. The molecule has 0 spiro atoms. The molecule has 1 saturated heterocycles. The van der Waals surface area contributed by atoms with Gasteiger partial charge in [-0.25, -0.2) is 0 Å². The molecule has 6 heteroatoms. The maximum atomic E-state index is 12.9. The number of carbonyl (C=O) groups is 2. The van der Waals surface area contributed by atoms with Crippen LogP contribution in [-0.4, -0.2) is 47.9 Å². The lowest BCUT2D eigenvalue weighted by Gasteiger charge is -2.36. The predicted molar refractivity (Wildman–Crippen MR) is 117 cm³/mol. The van der Waals surface area contributed by atoms with E-state index in [1.54, 1.807) is 0 Å². The fourth-order valence-electron chi connectivity index (χ4n) is 4.80. The molecule has 1 aliphatic heterocycles. The Labute approximate surface area is 180 Å². The molecule has 0 unspecified atom stereocenters. The number of piperidine rings is 1. The second-order valence-electron chi connectivity index (χ2n) is 8.96. The summed E-state index contributed by atoms with van der Waals surface area (Å²) >= 11 is 0. The standard InChI is InChI=1S/C24H34N4O2/c1-18(2)28-16-10-20(11-17-28)19-6-8-21(9-7-19)22(29)27-24(12-4-3-5-13-24)23(30)26-15-14-25/h6-9,18,20H,3-5,10-13,15-17H2,1-2H3,(H,26,30)(H,27,29). The normalized spacial score (nSPS) is 19.8. The first-order valence-electron chi connectivity index (χ1n) is 11.3. The van der Waals surface area contributed by atoms with Crippen molar-refractivity contribution in [3.63, 3.8) is 0 Å². The van der Waals surface area contributed by atoms with Crippen molar-refractivity contribution in [3.05, 3.63) is 35.4 Å². The van der Waals surface area contributed by atoms with Crippen molar-refractivity contribution in [1.82, 2.24) is 15.5 Å². The third-order valence-corrected chi connectivity index (χ3v) is 6.73. The molecule has 0 bridgehead atoms. The van der Waals surface area contributed by atoms with Gasteiger partial charge < -0.3 is 15.5 Å². The van der Waals surface area contributed by atoms with Crippen molar-refractivity contribution in [1.29, 1.82) is 5.26 Å². The monoisotopic (exact) mass is 410 g/mol. The number of amides is 2. The van der Waals surface area contributed by atoms with Crippen LogP contribution in [0.5, 0.6) is 0 Å². The first-order chi connectivity index (χ1) is 14.4. The van der Waals surface area contributed by atoms with Crippen LogP contribution in [0.15, 0.2) is 24.3 Å². The third kappa shape index (κ3) is 5.20. The quantitative estimate of drug-likeness (QED) is 0.705. The molecular formula is C24H34N4O2. The minimum absolute atomic E-state index is 0.0409. The van der Waals surface area contributed by atoms with Crippen LogP contribution in [0.25, 0.3) is 0 Å². The minimum Gasteiger partial charge on any atom is -0.341 e. The van der Waals surface area contributed by atoms with Crippen LogP contribution in [0.2, 0.25) is 0 Å². The van der Waals surface area contributed by atoms with Gasteiger partial charge in [-0.1, -0.05) is 31.4 Å². The Morgan fingerprint density at radius 2 is 1.77 bits per heavy atom. The summed E-state index contributed by atoms with van der Waals surface area (Å²) in [6.45, 7) is 6.68. The first kappa shape index (κ1) is 22.3. The van der Waals surface area contributed by atoms with E-state index in [1.165, 1.54) is 5.56 Å². The maximum absolute atomic E-state index is 12.9. The highest BCUT2D eigenvalue weighted by molar-refractivity contribution is 5.99. The van der Waals surface area contributed by atoms with E-state index in [-0.39, 0.29) is 18.4 Å². The second kappa shape index (κ2) is 10.1. The zero-order chi connectivity index (χ0) is 21.6. The molecule has 2 fully saturated rings. The van der Waals surface area contributed by atoms with Crippen LogP contribution < -0.4 is 10.6 Å². The molecule has 1 saturated carbocycles. The number of rotatable bonds is 6. The molecule has 6 nitrogen and oxygen atoms in total. The number of likely N-dealkylation sites (tertiary alicyclic amines) is 1. The van der Waals surface area contributed by atoms with E-state index < -0.39 is 5.54 Å². The number of nitriles is 1. The van der Waals surface area contributed by atoms with Gasteiger partial charge in [0.2, 0.25) is 5.91 Å². The largest absolute Gasteiger partial charge is 0.341 e. The number of nitrogens with zero attached hydrogens (tertiary/aromatic N) is 2. The van der Waals surface area contributed by atoms with Gasteiger partial charge in [0.25, 0.3) is 5.91 Å². The number of nitrogens with one attached hydrogen (secondary N) is 2. The van der Waals surface area contributed by atoms with Crippen molar-refractivity contribution < 1.29 is 9.59 Å². The lowest BCUT2D eigenvalue weighted by atomic mass is 9.80. The van der Waals surface area contributed by atoms with Crippen molar-refractivity contribution >= 4 is 11.8 Å². The molecule has 0 radical (unpaired) electrons. The van der Waals surface area contributed by atoms with E-state index in [0.29, 0.717) is 30.4 Å². The molecular weight excluding hydrogens is 376 g/mol. The summed E-state index contributed by atoms with van der Waals surface area (Å²) in [5.41, 5.74) is 0.958.